The summed E-state index contributed by atoms with van der Waals surface area (Å²) in [6.45, 7) is 0. The second-order valence-electron chi connectivity index (χ2n) is 12.9. The maximum atomic E-state index is 6.53. The van der Waals surface area contributed by atoms with E-state index in [2.05, 4.69) is 115 Å². The van der Waals surface area contributed by atoms with E-state index in [4.69, 9.17) is 24.4 Å². The summed E-state index contributed by atoms with van der Waals surface area (Å²) >= 11 is 0. The fourth-order valence-electron chi connectivity index (χ4n) is 7.12. The molecule has 5 heteroatoms. The Morgan fingerprint density at radius 3 is 1.80 bits per heavy atom. The Bertz CT molecular complexity index is 2830. The molecule has 1 aliphatic rings. The second-order valence-corrected chi connectivity index (χ2v) is 12.9. The van der Waals surface area contributed by atoms with Crippen molar-refractivity contribution in [2.75, 3.05) is 0 Å². The minimum absolute atomic E-state index is 0.659. The van der Waals surface area contributed by atoms with Gasteiger partial charge >= 0.3 is 0 Å². The van der Waals surface area contributed by atoms with Gasteiger partial charge in [-0.1, -0.05) is 140 Å². The lowest BCUT2D eigenvalue weighted by Gasteiger charge is -2.11. The van der Waals surface area contributed by atoms with Crippen LogP contribution in [0.5, 0.6) is 0 Å². The number of fused-ring (bicyclic) bond motifs is 6. The Hall–Kier alpha value is -6.72. The normalized spacial score (nSPS) is 13.0. The molecule has 0 unspecified atom stereocenters. The number of hydrogen-bond donors (Lipinski definition) is 0. The van der Waals surface area contributed by atoms with Crippen molar-refractivity contribution in [3.05, 3.63) is 164 Å². The largest absolute Gasteiger partial charge is 0.455 e. The SMILES string of the molecule is C1=CC(c2nc(-c3ccccc3)nc(-c3ccc(-c4ccc(-c5nc6cc7ccccc7cc6c6oc7ccccc7c56)cc4)cc3)n2)=CCC1. The van der Waals surface area contributed by atoms with Crippen LogP contribution in [-0.4, -0.2) is 19.9 Å². The van der Waals surface area contributed by atoms with Crippen molar-refractivity contribution in [2.45, 2.75) is 12.8 Å². The minimum atomic E-state index is 0.659. The van der Waals surface area contributed by atoms with Gasteiger partial charge in [0.25, 0.3) is 0 Å². The van der Waals surface area contributed by atoms with Crippen LogP contribution >= 0.6 is 0 Å². The van der Waals surface area contributed by atoms with Crippen LogP contribution in [0.2, 0.25) is 0 Å². The number of furan rings is 1. The Morgan fingerprint density at radius 1 is 0.471 bits per heavy atom. The maximum absolute atomic E-state index is 6.53. The zero-order valence-electron chi connectivity index (χ0n) is 27.6. The lowest BCUT2D eigenvalue weighted by molar-refractivity contribution is 0.672. The molecule has 3 aromatic heterocycles. The van der Waals surface area contributed by atoms with Gasteiger partial charge in [0.15, 0.2) is 17.5 Å². The van der Waals surface area contributed by atoms with Gasteiger partial charge in [0, 0.05) is 33.0 Å². The Morgan fingerprint density at radius 2 is 1.08 bits per heavy atom. The topological polar surface area (TPSA) is 64.7 Å². The maximum Gasteiger partial charge on any atom is 0.164 e. The Kier molecular flexibility index (Phi) is 6.88. The zero-order chi connectivity index (χ0) is 33.7. The summed E-state index contributed by atoms with van der Waals surface area (Å²) in [6, 6.07) is 48.2. The van der Waals surface area contributed by atoms with Gasteiger partial charge in [0.1, 0.15) is 11.2 Å². The third-order valence-corrected chi connectivity index (χ3v) is 9.73. The van der Waals surface area contributed by atoms with Crippen LogP contribution in [0.15, 0.2) is 162 Å². The van der Waals surface area contributed by atoms with Gasteiger partial charge in [-0.05, 0) is 52.9 Å². The summed E-state index contributed by atoms with van der Waals surface area (Å²) in [4.78, 5) is 20.0. The van der Waals surface area contributed by atoms with E-state index in [1.807, 2.05) is 42.5 Å². The van der Waals surface area contributed by atoms with Gasteiger partial charge in [-0.2, -0.15) is 0 Å². The van der Waals surface area contributed by atoms with Gasteiger partial charge < -0.3 is 4.42 Å². The molecule has 0 aliphatic heterocycles. The van der Waals surface area contributed by atoms with E-state index in [1.165, 1.54) is 5.39 Å². The second kappa shape index (κ2) is 12.0. The first-order valence-corrected chi connectivity index (χ1v) is 17.3. The van der Waals surface area contributed by atoms with Crippen molar-refractivity contribution >= 4 is 49.2 Å². The molecular weight excluding hydrogens is 625 g/mol. The summed E-state index contributed by atoms with van der Waals surface area (Å²) in [5.74, 6) is 2.03. The van der Waals surface area contributed by atoms with Crippen molar-refractivity contribution < 1.29 is 4.42 Å². The van der Waals surface area contributed by atoms with Crippen LogP contribution < -0.4 is 0 Å². The molecule has 0 saturated carbocycles. The van der Waals surface area contributed by atoms with E-state index >= 15 is 0 Å². The first-order chi connectivity index (χ1) is 25.2. The molecule has 3 heterocycles. The van der Waals surface area contributed by atoms with Crippen molar-refractivity contribution in [3.8, 4) is 45.2 Å². The molecule has 5 nitrogen and oxygen atoms in total. The lowest BCUT2D eigenvalue weighted by Crippen LogP contribution is -2.03. The van der Waals surface area contributed by atoms with E-state index in [-0.39, 0.29) is 0 Å². The molecule has 0 fully saturated rings. The molecule has 0 spiro atoms. The number of aromatic nitrogens is 4. The zero-order valence-corrected chi connectivity index (χ0v) is 27.6. The van der Waals surface area contributed by atoms with E-state index in [9.17, 15) is 0 Å². The van der Waals surface area contributed by atoms with Crippen LogP contribution in [0.1, 0.15) is 18.7 Å². The van der Waals surface area contributed by atoms with Crippen molar-refractivity contribution in [3.63, 3.8) is 0 Å². The van der Waals surface area contributed by atoms with E-state index < -0.39 is 0 Å². The van der Waals surface area contributed by atoms with Gasteiger partial charge in [-0.25, -0.2) is 19.9 Å². The van der Waals surface area contributed by atoms with Crippen LogP contribution in [0.25, 0.3) is 94.3 Å². The molecule has 6 aromatic carbocycles. The third kappa shape index (κ3) is 5.18. The Labute approximate surface area is 294 Å². The summed E-state index contributed by atoms with van der Waals surface area (Å²) < 4.78 is 6.53. The minimum Gasteiger partial charge on any atom is -0.455 e. The first kappa shape index (κ1) is 29.2. The van der Waals surface area contributed by atoms with Crippen LogP contribution in [0, 0.1) is 0 Å². The van der Waals surface area contributed by atoms with Crippen molar-refractivity contribution in [1.82, 2.24) is 19.9 Å². The molecule has 1 aliphatic carbocycles. The number of nitrogens with zero attached hydrogens (tertiary/aromatic N) is 4. The van der Waals surface area contributed by atoms with E-state index in [1.54, 1.807) is 0 Å². The summed E-state index contributed by atoms with van der Waals surface area (Å²) in [7, 11) is 0. The third-order valence-electron chi connectivity index (χ3n) is 9.73. The molecular formula is C46H30N4O. The monoisotopic (exact) mass is 654 g/mol. The average molecular weight is 655 g/mol. The first-order valence-electron chi connectivity index (χ1n) is 17.3. The molecule has 0 bridgehead atoms. The summed E-state index contributed by atoms with van der Waals surface area (Å²) in [5, 5.41) is 5.45. The number of hydrogen-bond acceptors (Lipinski definition) is 5. The highest BCUT2D eigenvalue weighted by Gasteiger charge is 2.19. The fraction of sp³-hybridized carbons (Fsp3) is 0.0435. The predicted molar refractivity (Wildman–Crippen MR) is 208 cm³/mol. The highest BCUT2D eigenvalue weighted by atomic mass is 16.3. The van der Waals surface area contributed by atoms with E-state index in [0.29, 0.717) is 17.5 Å². The van der Waals surface area contributed by atoms with Crippen LogP contribution in [-0.2, 0) is 0 Å². The van der Waals surface area contributed by atoms with Gasteiger partial charge in [-0.15, -0.1) is 0 Å². The predicted octanol–water partition coefficient (Wildman–Crippen LogP) is 11.9. The van der Waals surface area contributed by atoms with Crippen LogP contribution in [0.3, 0.4) is 0 Å². The highest BCUT2D eigenvalue weighted by molar-refractivity contribution is 6.20. The molecule has 0 amide bonds. The smallest absolute Gasteiger partial charge is 0.164 e. The number of pyridine rings is 1. The Balaban J connectivity index is 1.03. The molecule has 0 radical (unpaired) electrons. The number of para-hydroxylation sites is 1. The number of benzene rings is 6. The summed E-state index contributed by atoms with van der Waals surface area (Å²) in [5.41, 5.74) is 9.78. The van der Waals surface area contributed by atoms with E-state index in [0.717, 1.165) is 90.2 Å². The molecule has 0 atom stereocenters. The molecule has 0 N–H and O–H groups in total. The lowest BCUT2D eigenvalue weighted by atomic mass is 9.98. The quantitative estimate of drug-likeness (QED) is 0.173. The number of allylic oxidation sites excluding steroid dienone is 4. The molecule has 0 saturated heterocycles. The van der Waals surface area contributed by atoms with Gasteiger partial charge in [0.2, 0.25) is 0 Å². The molecule has 51 heavy (non-hydrogen) atoms. The standard InChI is InChI=1S/C46H30N4O/c1-3-11-32(12-4-1)44-48-45(33-13-5-2-6-14-33)50-46(49-44)34-25-21-30(22-26-34)29-19-23-31(24-20-29)42-41-37-17-9-10-18-40(37)51-43(41)38-27-35-15-7-8-16-36(35)28-39(38)47-42/h1,3-5,7-28H,2,6H2. The van der Waals surface area contributed by atoms with Crippen molar-refractivity contribution in [1.29, 1.82) is 0 Å². The molecule has 10 rings (SSSR count). The highest BCUT2D eigenvalue weighted by Crippen LogP contribution is 2.41. The molecule has 240 valence electrons. The number of rotatable bonds is 5. The molecule has 9 aromatic rings. The van der Waals surface area contributed by atoms with Gasteiger partial charge in [0.05, 0.1) is 16.6 Å². The van der Waals surface area contributed by atoms with Crippen LogP contribution in [0.4, 0.5) is 0 Å². The fourth-order valence-corrected chi connectivity index (χ4v) is 7.12. The average Bonchev–Trinajstić information content (AvgIpc) is 3.61. The summed E-state index contributed by atoms with van der Waals surface area (Å²) in [6.07, 6.45) is 8.52. The van der Waals surface area contributed by atoms with Gasteiger partial charge in [-0.3, -0.25) is 0 Å². The van der Waals surface area contributed by atoms with Crippen molar-refractivity contribution in [2.24, 2.45) is 0 Å².